The van der Waals surface area contributed by atoms with Gasteiger partial charge in [-0.1, -0.05) is 12.1 Å². The van der Waals surface area contributed by atoms with Crippen LogP contribution < -0.4 is 5.73 Å². The van der Waals surface area contributed by atoms with E-state index >= 15 is 0 Å². The summed E-state index contributed by atoms with van der Waals surface area (Å²) in [5.41, 5.74) is 7.94. The molecule has 0 bridgehead atoms. The number of carbonyl (C=O) groups excluding carboxylic acids is 1. The molecule has 0 amide bonds. The number of benzene rings is 1. The molecule has 0 saturated heterocycles. The molecule has 16 heavy (non-hydrogen) atoms. The van der Waals surface area contributed by atoms with Crippen molar-refractivity contribution in [1.82, 2.24) is 0 Å². The highest BCUT2D eigenvalue weighted by Crippen LogP contribution is 2.29. The molecule has 2 nitrogen and oxygen atoms in total. The van der Waals surface area contributed by atoms with E-state index in [0.29, 0.717) is 16.1 Å². The van der Waals surface area contributed by atoms with Gasteiger partial charge in [0.05, 0.1) is 8.66 Å². The van der Waals surface area contributed by atoms with E-state index in [1.165, 1.54) is 11.3 Å². The van der Waals surface area contributed by atoms with Crippen LogP contribution in [0.25, 0.3) is 0 Å². The van der Waals surface area contributed by atoms with E-state index in [1.807, 2.05) is 25.1 Å². The topological polar surface area (TPSA) is 43.1 Å². The maximum Gasteiger partial charge on any atom is 0.205 e. The zero-order valence-electron chi connectivity index (χ0n) is 8.66. The fourth-order valence-corrected chi connectivity index (χ4v) is 2.90. The summed E-state index contributed by atoms with van der Waals surface area (Å²) in [5, 5.41) is 0. The van der Waals surface area contributed by atoms with Gasteiger partial charge >= 0.3 is 0 Å². The zero-order valence-corrected chi connectivity index (χ0v) is 11.1. The van der Waals surface area contributed by atoms with E-state index in [1.54, 1.807) is 12.1 Å². The lowest BCUT2D eigenvalue weighted by Crippen LogP contribution is -2.02. The van der Waals surface area contributed by atoms with Crippen LogP contribution in [0.3, 0.4) is 0 Å². The number of para-hydroxylation sites is 1. The van der Waals surface area contributed by atoms with Crippen molar-refractivity contribution in [2.75, 3.05) is 5.73 Å². The van der Waals surface area contributed by atoms with Crippen molar-refractivity contribution >= 4 is 38.7 Å². The second-order valence-corrected chi connectivity index (χ2v) is 5.85. The highest BCUT2D eigenvalue weighted by molar-refractivity contribution is 9.11. The fourth-order valence-electron chi connectivity index (χ4n) is 1.41. The van der Waals surface area contributed by atoms with Gasteiger partial charge in [0.15, 0.2) is 0 Å². The molecule has 1 aromatic carbocycles. The molecule has 0 saturated carbocycles. The van der Waals surface area contributed by atoms with Gasteiger partial charge in [0, 0.05) is 11.3 Å². The normalized spacial score (nSPS) is 10.4. The number of nitrogens with two attached hydrogens (primary N) is 1. The van der Waals surface area contributed by atoms with E-state index in [-0.39, 0.29) is 5.78 Å². The molecule has 1 aromatic heterocycles. The SMILES string of the molecule is Cc1cc(C(=O)c2ccccc2N)sc1Br. The largest absolute Gasteiger partial charge is 0.398 e. The lowest BCUT2D eigenvalue weighted by Gasteiger charge is -2.01. The molecule has 0 fully saturated rings. The first-order chi connectivity index (χ1) is 7.59. The van der Waals surface area contributed by atoms with Gasteiger partial charge in [0.25, 0.3) is 0 Å². The molecule has 0 aliphatic heterocycles. The number of thiophene rings is 1. The molecule has 1 heterocycles. The summed E-state index contributed by atoms with van der Waals surface area (Å²) < 4.78 is 0.991. The zero-order chi connectivity index (χ0) is 11.7. The van der Waals surface area contributed by atoms with Crippen molar-refractivity contribution in [2.24, 2.45) is 0 Å². The van der Waals surface area contributed by atoms with Gasteiger partial charge in [-0.05, 0) is 46.6 Å². The summed E-state index contributed by atoms with van der Waals surface area (Å²) in [7, 11) is 0. The monoisotopic (exact) mass is 295 g/mol. The minimum absolute atomic E-state index is 0.0168. The van der Waals surface area contributed by atoms with Crippen molar-refractivity contribution in [3.05, 3.63) is 50.1 Å². The number of aryl methyl sites for hydroxylation is 1. The van der Waals surface area contributed by atoms with Crippen LogP contribution in [0.2, 0.25) is 0 Å². The van der Waals surface area contributed by atoms with Crippen LogP contribution in [-0.4, -0.2) is 5.78 Å². The van der Waals surface area contributed by atoms with Gasteiger partial charge in [-0.25, -0.2) is 0 Å². The maximum atomic E-state index is 12.1. The molecular weight excluding hydrogens is 286 g/mol. The molecule has 0 spiro atoms. The van der Waals surface area contributed by atoms with E-state index in [2.05, 4.69) is 15.9 Å². The van der Waals surface area contributed by atoms with Crippen LogP contribution >= 0.6 is 27.3 Å². The first kappa shape index (κ1) is 11.4. The molecule has 2 N–H and O–H groups in total. The Morgan fingerprint density at radius 2 is 2.06 bits per heavy atom. The minimum Gasteiger partial charge on any atom is -0.398 e. The molecule has 82 valence electrons. The van der Waals surface area contributed by atoms with Gasteiger partial charge in [0.1, 0.15) is 0 Å². The molecule has 2 aromatic rings. The second-order valence-electron chi connectivity index (χ2n) is 3.48. The van der Waals surface area contributed by atoms with Crippen molar-refractivity contribution in [1.29, 1.82) is 0 Å². The number of hydrogen-bond donors (Lipinski definition) is 1. The second kappa shape index (κ2) is 4.39. The van der Waals surface area contributed by atoms with Gasteiger partial charge in [0.2, 0.25) is 5.78 Å². The molecule has 0 unspecified atom stereocenters. The van der Waals surface area contributed by atoms with Crippen LogP contribution in [0.1, 0.15) is 20.8 Å². The molecule has 4 heteroatoms. The molecule has 0 atom stereocenters. The van der Waals surface area contributed by atoms with Crippen LogP contribution in [0, 0.1) is 6.92 Å². The van der Waals surface area contributed by atoms with Gasteiger partial charge in [-0.15, -0.1) is 11.3 Å². The van der Waals surface area contributed by atoms with Gasteiger partial charge < -0.3 is 5.73 Å². The summed E-state index contributed by atoms with van der Waals surface area (Å²) in [4.78, 5) is 12.9. The van der Waals surface area contributed by atoms with Gasteiger partial charge in [-0.2, -0.15) is 0 Å². The highest BCUT2D eigenvalue weighted by Gasteiger charge is 2.15. The number of rotatable bonds is 2. The van der Waals surface area contributed by atoms with Crippen molar-refractivity contribution in [3.63, 3.8) is 0 Å². The number of ketones is 1. The van der Waals surface area contributed by atoms with Crippen molar-refractivity contribution < 1.29 is 4.79 Å². The van der Waals surface area contributed by atoms with Crippen LogP contribution in [0.5, 0.6) is 0 Å². The number of anilines is 1. The smallest absolute Gasteiger partial charge is 0.205 e. The average Bonchev–Trinajstić information content (AvgIpc) is 2.59. The molecule has 0 aliphatic carbocycles. The summed E-state index contributed by atoms with van der Waals surface area (Å²) in [6.45, 7) is 1.96. The Balaban J connectivity index is 2.43. The lowest BCUT2D eigenvalue weighted by atomic mass is 10.1. The van der Waals surface area contributed by atoms with Crippen molar-refractivity contribution in [3.8, 4) is 0 Å². The van der Waals surface area contributed by atoms with E-state index < -0.39 is 0 Å². The summed E-state index contributed by atoms with van der Waals surface area (Å²) in [6.07, 6.45) is 0. The lowest BCUT2D eigenvalue weighted by molar-refractivity contribution is 0.104. The Kier molecular flexibility index (Phi) is 3.12. The number of nitrogen functional groups attached to an aromatic ring is 1. The highest BCUT2D eigenvalue weighted by atomic mass is 79.9. The quantitative estimate of drug-likeness (QED) is 0.679. The Morgan fingerprint density at radius 1 is 1.38 bits per heavy atom. The predicted octanol–water partition coefficient (Wildman–Crippen LogP) is 3.63. The first-order valence-electron chi connectivity index (χ1n) is 4.74. The Hall–Kier alpha value is -1.13. The van der Waals surface area contributed by atoms with Crippen LogP contribution in [0.4, 0.5) is 5.69 Å². The van der Waals surface area contributed by atoms with Crippen LogP contribution in [0.15, 0.2) is 34.1 Å². The average molecular weight is 296 g/mol. The Labute approximate surface area is 106 Å². The fraction of sp³-hybridized carbons (Fsp3) is 0.0833. The predicted molar refractivity (Wildman–Crippen MR) is 71.0 cm³/mol. The Bertz CT molecular complexity index is 528. The third-order valence-electron chi connectivity index (χ3n) is 2.29. The molecule has 2 rings (SSSR count). The van der Waals surface area contributed by atoms with Crippen molar-refractivity contribution in [2.45, 2.75) is 6.92 Å². The maximum absolute atomic E-state index is 12.1. The third-order valence-corrected chi connectivity index (χ3v) is 4.42. The standard InChI is InChI=1S/C12H10BrNOS/c1-7-6-10(16-12(7)13)11(15)8-4-2-3-5-9(8)14/h2-6H,14H2,1H3. The minimum atomic E-state index is -0.0168. The molecular formula is C12H10BrNOS. The van der Waals surface area contributed by atoms with E-state index in [9.17, 15) is 4.79 Å². The summed E-state index contributed by atoms with van der Waals surface area (Å²) in [6, 6.07) is 9.01. The third kappa shape index (κ3) is 2.03. The van der Waals surface area contributed by atoms with E-state index in [4.69, 9.17) is 5.73 Å². The number of hydrogen-bond acceptors (Lipinski definition) is 3. The van der Waals surface area contributed by atoms with Crippen LogP contribution in [-0.2, 0) is 0 Å². The first-order valence-corrected chi connectivity index (χ1v) is 6.35. The number of carbonyl (C=O) groups is 1. The van der Waals surface area contributed by atoms with Gasteiger partial charge in [-0.3, -0.25) is 4.79 Å². The molecule has 0 aliphatic rings. The summed E-state index contributed by atoms with van der Waals surface area (Å²) >= 11 is 4.85. The van der Waals surface area contributed by atoms with E-state index in [0.717, 1.165) is 9.35 Å². The molecule has 0 radical (unpaired) electrons. The Morgan fingerprint density at radius 3 is 2.62 bits per heavy atom. The summed E-state index contributed by atoms with van der Waals surface area (Å²) in [5.74, 6) is -0.0168. The number of halogens is 1.